The van der Waals surface area contributed by atoms with Gasteiger partial charge in [0.2, 0.25) is 0 Å². The van der Waals surface area contributed by atoms with Gasteiger partial charge >= 0.3 is 0 Å². The Labute approximate surface area is 84.4 Å². The highest BCUT2D eigenvalue weighted by Crippen LogP contribution is 2.26. The second-order valence-corrected chi connectivity index (χ2v) is 5.20. The fourth-order valence-corrected chi connectivity index (χ4v) is 3.28. The van der Waals surface area contributed by atoms with E-state index in [9.17, 15) is 0 Å². The molecule has 1 saturated heterocycles. The quantitative estimate of drug-likeness (QED) is 0.544. The van der Waals surface area contributed by atoms with E-state index in [0.717, 1.165) is 5.84 Å². The summed E-state index contributed by atoms with van der Waals surface area (Å²) in [6.45, 7) is 0. The molecule has 3 heteroatoms. The lowest BCUT2D eigenvalue weighted by Gasteiger charge is -2.10. The maximum absolute atomic E-state index is 6.00. The zero-order valence-electron chi connectivity index (χ0n) is 8.04. The standard InChI is InChI=1S/C10H18N2S/c11-10(8-3-1-2-4-8)12-9-5-6-13-7-9/h8-9H,1-7H2,(H2,11,12). The summed E-state index contributed by atoms with van der Waals surface area (Å²) in [5, 5.41) is 0. The minimum absolute atomic E-state index is 0.533. The SMILES string of the molecule is NC(=NC1CCSC1)C1CCCC1. The highest BCUT2D eigenvalue weighted by atomic mass is 32.2. The van der Waals surface area contributed by atoms with E-state index in [4.69, 9.17) is 5.73 Å². The van der Waals surface area contributed by atoms with Gasteiger partial charge in [-0.1, -0.05) is 12.8 Å². The third-order valence-electron chi connectivity index (χ3n) is 3.01. The Kier molecular flexibility index (Phi) is 3.14. The summed E-state index contributed by atoms with van der Waals surface area (Å²) in [6, 6.07) is 0.533. The molecule has 2 aliphatic rings. The van der Waals surface area contributed by atoms with Crippen LogP contribution in [0.15, 0.2) is 4.99 Å². The molecule has 1 saturated carbocycles. The van der Waals surface area contributed by atoms with Crippen LogP contribution in [0.4, 0.5) is 0 Å². The van der Waals surface area contributed by atoms with Crippen LogP contribution in [0.2, 0.25) is 0 Å². The number of aliphatic imine (C=N–C) groups is 1. The highest BCUT2D eigenvalue weighted by Gasteiger charge is 2.21. The van der Waals surface area contributed by atoms with Crippen molar-refractivity contribution in [2.45, 2.75) is 38.1 Å². The Balaban J connectivity index is 1.89. The summed E-state index contributed by atoms with van der Waals surface area (Å²) in [5.41, 5.74) is 6.00. The third-order valence-corrected chi connectivity index (χ3v) is 4.16. The minimum Gasteiger partial charge on any atom is -0.387 e. The molecule has 1 atom stereocenters. The Bertz CT molecular complexity index is 191. The van der Waals surface area contributed by atoms with E-state index < -0.39 is 0 Å². The van der Waals surface area contributed by atoms with Crippen LogP contribution in [-0.2, 0) is 0 Å². The number of hydrogen-bond donors (Lipinski definition) is 1. The second kappa shape index (κ2) is 4.36. The number of nitrogens with zero attached hydrogens (tertiary/aromatic N) is 1. The molecule has 1 aliphatic carbocycles. The molecule has 0 spiro atoms. The van der Waals surface area contributed by atoms with Crippen LogP contribution in [0.1, 0.15) is 32.1 Å². The molecule has 0 aromatic heterocycles. The smallest absolute Gasteiger partial charge is 0.0972 e. The first-order valence-electron chi connectivity index (χ1n) is 5.27. The molecule has 0 aromatic carbocycles. The Morgan fingerprint density at radius 2 is 2.00 bits per heavy atom. The number of thioether (sulfide) groups is 1. The van der Waals surface area contributed by atoms with Gasteiger partial charge in [-0.2, -0.15) is 11.8 Å². The maximum atomic E-state index is 6.00. The van der Waals surface area contributed by atoms with Gasteiger partial charge in [0.25, 0.3) is 0 Å². The molecule has 74 valence electrons. The molecule has 2 nitrogen and oxygen atoms in total. The first-order chi connectivity index (χ1) is 6.36. The Hall–Kier alpha value is -0.180. The monoisotopic (exact) mass is 198 g/mol. The predicted molar refractivity (Wildman–Crippen MR) is 59.3 cm³/mol. The van der Waals surface area contributed by atoms with Gasteiger partial charge in [-0.05, 0) is 25.0 Å². The van der Waals surface area contributed by atoms with Crippen LogP contribution in [0.3, 0.4) is 0 Å². The fraction of sp³-hybridized carbons (Fsp3) is 0.900. The summed E-state index contributed by atoms with van der Waals surface area (Å²) in [6.07, 6.45) is 6.48. The van der Waals surface area contributed by atoms with E-state index in [1.165, 1.54) is 43.6 Å². The van der Waals surface area contributed by atoms with Crippen LogP contribution < -0.4 is 5.73 Å². The van der Waals surface area contributed by atoms with Gasteiger partial charge in [-0.3, -0.25) is 4.99 Å². The summed E-state index contributed by atoms with van der Waals surface area (Å²) < 4.78 is 0. The predicted octanol–water partition coefficient (Wildman–Crippen LogP) is 2.04. The van der Waals surface area contributed by atoms with Gasteiger partial charge in [0.1, 0.15) is 0 Å². The molecule has 1 unspecified atom stereocenters. The topological polar surface area (TPSA) is 38.4 Å². The Morgan fingerprint density at radius 1 is 1.23 bits per heavy atom. The van der Waals surface area contributed by atoms with Crippen LogP contribution in [0.25, 0.3) is 0 Å². The molecule has 1 aliphatic heterocycles. The van der Waals surface area contributed by atoms with E-state index in [-0.39, 0.29) is 0 Å². The number of amidine groups is 1. The summed E-state index contributed by atoms with van der Waals surface area (Å²) >= 11 is 2.00. The van der Waals surface area contributed by atoms with Crippen molar-refractivity contribution in [3.8, 4) is 0 Å². The van der Waals surface area contributed by atoms with Gasteiger partial charge in [0, 0.05) is 11.7 Å². The molecule has 13 heavy (non-hydrogen) atoms. The van der Waals surface area contributed by atoms with Crippen LogP contribution in [0.5, 0.6) is 0 Å². The average molecular weight is 198 g/mol. The third kappa shape index (κ3) is 2.39. The van der Waals surface area contributed by atoms with Crippen LogP contribution in [-0.4, -0.2) is 23.4 Å². The molecule has 0 amide bonds. The largest absolute Gasteiger partial charge is 0.387 e. The van der Waals surface area contributed by atoms with Crippen molar-refractivity contribution in [3.63, 3.8) is 0 Å². The van der Waals surface area contributed by atoms with Crippen molar-refractivity contribution in [3.05, 3.63) is 0 Å². The zero-order chi connectivity index (χ0) is 9.10. The normalized spacial score (nSPS) is 31.4. The van der Waals surface area contributed by atoms with Crippen molar-refractivity contribution in [1.82, 2.24) is 0 Å². The molecular formula is C10H18N2S. The first kappa shape index (κ1) is 9.38. The Morgan fingerprint density at radius 3 is 2.62 bits per heavy atom. The van der Waals surface area contributed by atoms with E-state index in [2.05, 4.69) is 4.99 Å². The lowest BCUT2D eigenvalue weighted by molar-refractivity contribution is 0.689. The molecule has 2 rings (SSSR count). The molecule has 0 bridgehead atoms. The number of rotatable bonds is 2. The lowest BCUT2D eigenvalue weighted by atomic mass is 10.1. The van der Waals surface area contributed by atoms with Gasteiger partial charge in [0.05, 0.1) is 11.9 Å². The molecule has 1 heterocycles. The van der Waals surface area contributed by atoms with Gasteiger partial charge in [-0.25, -0.2) is 0 Å². The van der Waals surface area contributed by atoms with Crippen molar-refractivity contribution >= 4 is 17.6 Å². The van der Waals surface area contributed by atoms with Gasteiger partial charge < -0.3 is 5.73 Å². The summed E-state index contributed by atoms with van der Waals surface area (Å²) in [4.78, 5) is 4.63. The van der Waals surface area contributed by atoms with Crippen molar-refractivity contribution in [1.29, 1.82) is 0 Å². The molecule has 0 aromatic rings. The molecular weight excluding hydrogens is 180 g/mol. The molecule has 2 N–H and O–H groups in total. The average Bonchev–Trinajstić information content (AvgIpc) is 2.74. The molecule has 0 radical (unpaired) electrons. The number of hydrogen-bond acceptors (Lipinski definition) is 2. The van der Waals surface area contributed by atoms with E-state index in [0.29, 0.717) is 12.0 Å². The minimum atomic E-state index is 0.533. The molecule has 2 fully saturated rings. The van der Waals surface area contributed by atoms with Crippen molar-refractivity contribution < 1.29 is 0 Å². The zero-order valence-corrected chi connectivity index (χ0v) is 8.85. The van der Waals surface area contributed by atoms with Gasteiger partial charge in [0.15, 0.2) is 0 Å². The second-order valence-electron chi connectivity index (χ2n) is 4.05. The first-order valence-corrected chi connectivity index (χ1v) is 6.42. The van der Waals surface area contributed by atoms with Gasteiger partial charge in [-0.15, -0.1) is 0 Å². The van der Waals surface area contributed by atoms with E-state index in [1.807, 2.05) is 11.8 Å². The summed E-state index contributed by atoms with van der Waals surface area (Å²) in [7, 11) is 0. The lowest BCUT2D eigenvalue weighted by Crippen LogP contribution is -2.24. The highest BCUT2D eigenvalue weighted by molar-refractivity contribution is 7.99. The van der Waals surface area contributed by atoms with Crippen molar-refractivity contribution in [2.24, 2.45) is 16.6 Å². The maximum Gasteiger partial charge on any atom is 0.0972 e. The van der Waals surface area contributed by atoms with E-state index in [1.54, 1.807) is 0 Å². The fourth-order valence-electron chi connectivity index (χ4n) is 2.16. The van der Waals surface area contributed by atoms with Crippen molar-refractivity contribution in [2.75, 3.05) is 11.5 Å². The van der Waals surface area contributed by atoms with E-state index >= 15 is 0 Å². The van der Waals surface area contributed by atoms with Crippen LogP contribution in [0, 0.1) is 5.92 Å². The van der Waals surface area contributed by atoms with Crippen LogP contribution >= 0.6 is 11.8 Å². The summed E-state index contributed by atoms with van der Waals surface area (Å²) in [5.74, 6) is 4.02. The number of nitrogens with two attached hydrogens (primary N) is 1.